The van der Waals surface area contributed by atoms with E-state index < -0.39 is 0 Å². The van der Waals surface area contributed by atoms with Crippen LogP contribution in [0.2, 0.25) is 0 Å². The largest absolute Gasteiger partial charge is 0.352 e. The van der Waals surface area contributed by atoms with Gasteiger partial charge in [-0.1, -0.05) is 12.1 Å². The van der Waals surface area contributed by atoms with E-state index in [1.54, 1.807) is 36.5 Å². The van der Waals surface area contributed by atoms with Gasteiger partial charge < -0.3 is 16.0 Å². The van der Waals surface area contributed by atoms with E-state index >= 15 is 0 Å². The van der Waals surface area contributed by atoms with Crippen LogP contribution < -0.4 is 16.0 Å². The molecule has 1 aromatic carbocycles. The lowest BCUT2D eigenvalue weighted by Crippen LogP contribution is -2.33. The van der Waals surface area contributed by atoms with Gasteiger partial charge >= 0.3 is 0 Å². The molecule has 148 valence electrons. The van der Waals surface area contributed by atoms with Gasteiger partial charge in [-0.05, 0) is 62.5 Å². The van der Waals surface area contributed by atoms with Gasteiger partial charge in [-0.25, -0.2) is 9.37 Å². The maximum absolute atomic E-state index is 13.8. The number of benzene rings is 1. The average molecular weight is 415 g/mol. The minimum Gasteiger partial charge on any atom is -0.352 e. The fourth-order valence-electron chi connectivity index (χ4n) is 3.03. The predicted octanol–water partition coefficient (Wildman–Crippen LogP) is 3.93. The smallest absolute Gasteiger partial charge is 0.255 e. The minimum atomic E-state index is -0.385. The molecule has 8 heteroatoms. The molecular weight excluding hydrogens is 390 g/mol. The quantitative estimate of drug-likeness (QED) is 0.669. The summed E-state index contributed by atoms with van der Waals surface area (Å²) < 4.78 is 13.8. The molecule has 1 aliphatic heterocycles. The van der Waals surface area contributed by atoms with E-state index in [1.807, 2.05) is 0 Å². The van der Waals surface area contributed by atoms with Crippen molar-refractivity contribution in [2.75, 3.05) is 25.0 Å². The molecule has 1 saturated heterocycles. The summed E-state index contributed by atoms with van der Waals surface area (Å²) in [6.07, 6.45) is 4.93. The Hall–Kier alpha value is -1.89. The normalized spacial score (nSPS) is 15.8. The summed E-state index contributed by atoms with van der Waals surface area (Å²) in [5.74, 6) is 0.378. The monoisotopic (exact) mass is 414 g/mol. The van der Waals surface area contributed by atoms with Gasteiger partial charge in [-0.2, -0.15) is 0 Å². The highest BCUT2D eigenvalue weighted by atomic mass is 35.5. The number of nitrogens with zero attached hydrogens (tertiary/aromatic N) is 1. The van der Waals surface area contributed by atoms with Crippen molar-refractivity contribution in [3.8, 4) is 0 Å². The lowest BCUT2D eigenvalue weighted by Gasteiger charge is -2.22. The molecule has 1 aliphatic rings. The van der Waals surface area contributed by atoms with Crippen molar-refractivity contribution < 1.29 is 9.18 Å². The third kappa shape index (κ3) is 6.65. The van der Waals surface area contributed by atoms with E-state index in [9.17, 15) is 9.18 Å². The van der Waals surface area contributed by atoms with E-state index in [2.05, 4.69) is 20.9 Å². The molecule has 27 heavy (non-hydrogen) atoms. The Morgan fingerprint density at radius 1 is 1.22 bits per heavy atom. The summed E-state index contributed by atoms with van der Waals surface area (Å²) in [7, 11) is 0. The number of para-hydroxylation sites is 1. The molecule has 1 aromatic heterocycles. The Labute approximate surface area is 171 Å². The third-order valence-corrected chi connectivity index (χ3v) is 4.42. The number of carbonyl (C=O) groups is 1. The van der Waals surface area contributed by atoms with Crippen LogP contribution >= 0.6 is 24.8 Å². The number of piperidine rings is 1. The maximum atomic E-state index is 13.8. The molecule has 3 rings (SSSR count). The Morgan fingerprint density at radius 3 is 2.78 bits per heavy atom. The molecule has 0 aliphatic carbocycles. The second kappa shape index (κ2) is 11.7. The van der Waals surface area contributed by atoms with E-state index in [0.29, 0.717) is 29.5 Å². The molecule has 5 nitrogen and oxygen atoms in total. The van der Waals surface area contributed by atoms with E-state index in [4.69, 9.17) is 0 Å². The maximum Gasteiger partial charge on any atom is 0.255 e. The average Bonchev–Trinajstić information content (AvgIpc) is 2.65. The zero-order valence-electron chi connectivity index (χ0n) is 14.9. The summed E-state index contributed by atoms with van der Waals surface area (Å²) >= 11 is 0. The number of halogens is 3. The molecule has 0 saturated carbocycles. The van der Waals surface area contributed by atoms with Crippen LogP contribution in [0.4, 0.5) is 15.9 Å². The molecule has 2 heterocycles. The number of pyridine rings is 1. The van der Waals surface area contributed by atoms with Crippen molar-refractivity contribution in [2.45, 2.75) is 19.3 Å². The second-order valence-electron chi connectivity index (χ2n) is 6.26. The fourth-order valence-corrected chi connectivity index (χ4v) is 3.03. The molecule has 1 fully saturated rings. The predicted molar refractivity (Wildman–Crippen MR) is 111 cm³/mol. The van der Waals surface area contributed by atoms with Gasteiger partial charge in [-0.15, -0.1) is 24.8 Å². The van der Waals surface area contributed by atoms with Crippen LogP contribution in [-0.2, 0) is 0 Å². The Bertz CT molecular complexity index is 726. The SMILES string of the molecule is Cl.Cl.O=C(NCCC1CCCNC1)c1cccnc1Nc1ccccc1F. The first-order valence-electron chi connectivity index (χ1n) is 8.69. The van der Waals surface area contributed by atoms with Crippen LogP contribution in [0.3, 0.4) is 0 Å². The molecule has 1 atom stereocenters. The molecule has 3 N–H and O–H groups in total. The molecule has 1 unspecified atom stereocenters. The van der Waals surface area contributed by atoms with Crippen molar-refractivity contribution in [3.05, 3.63) is 54.0 Å². The number of carbonyl (C=O) groups excluding carboxylic acids is 1. The summed E-state index contributed by atoms with van der Waals surface area (Å²) in [5.41, 5.74) is 0.705. The topological polar surface area (TPSA) is 66.0 Å². The highest BCUT2D eigenvalue weighted by Gasteiger charge is 2.16. The summed E-state index contributed by atoms with van der Waals surface area (Å²) in [6, 6.07) is 9.71. The molecular formula is C19H25Cl2FN4O. The lowest BCUT2D eigenvalue weighted by atomic mass is 9.96. The summed E-state index contributed by atoms with van der Waals surface area (Å²) in [4.78, 5) is 16.7. The number of hydrogen-bond acceptors (Lipinski definition) is 4. The Morgan fingerprint density at radius 2 is 2.04 bits per heavy atom. The van der Waals surface area contributed by atoms with Crippen molar-refractivity contribution in [1.29, 1.82) is 0 Å². The molecule has 0 bridgehead atoms. The van der Waals surface area contributed by atoms with Crippen LogP contribution in [0.25, 0.3) is 0 Å². The van der Waals surface area contributed by atoms with Crippen LogP contribution in [0.1, 0.15) is 29.6 Å². The summed E-state index contributed by atoms with van der Waals surface area (Å²) in [5, 5.41) is 9.23. The zero-order valence-corrected chi connectivity index (χ0v) is 16.5. The van der Waals surface area contributed by atoms with E-state index in [1.165, 1.54) is 18.9 Å². The van der Waals surface area contributed by atoms with Crippen molar-refractivity contribution in [3.63, 3.8) is 0 Å². The number of aromatic nitrogens is 1. The summed E-state index contributed by atoms with van der Waals surface area (Å²) in [6.45, 7) is 2.73. The molecule has 1 amide bonds. The first-order valence-corrected chi connectivity index (χ1v) is 8.69. The van der Waals surface area contributed by atoms with Crippen LogP contribution in [0, 0.1) is 11.7 Å². The molecule has 2 aromatic rings. The first kappa shape index (κ1) is 23.1. The fraction of sp³-hybridized carbons (Fsp3) is 0.368. The number of rotatable bonds is 6. The Kier molecular flexibility index (Phi) is 10.1. The van der Waals surface area contributed by atoms with Gasteiger partial charge in [0.15, 0.2) is 0 Å². The van der Waals surface area contributed by atoms with Gasteiger partial charge in [0.1, 0.15) is 11.6 Å². The van der Waals surface area contributed by atoms with Crippen molar-refractivity contribution in [2.24, 2.45) is 5.92 Å². The van der Waals surface area contributed by atoms with Gasteiger partial charge in [0.2, 0.25) is 0 Å². The number of hydrogen-bond donors (Lipinski definition) is 3. The van der Waals surface area contributed by atoms with Gasteiger partial charge in [-0.3, -0.25) is 4.79 Å². The van der Waals surface area contributed by atoms with E-state index in [-0.39, 0.29) is 36.5 Å². The van der Waals surface area contributed by atoms with Crippen LogP contribution in [0.15, 0.2) is 42.6 Å². The first-order chi connectivity index (χ1) is 12.2. The van der Waals surface area contributed by atoms with Crippen LogP contribution in [0.5, 0.6) is 0 Å². The number of anilines is 2. The highest BCUT2D eigenvalue weighted by molar-refractivity contribution is 5.99. The number of amides is 1. The second-order valence-corrected chi connectivity index (χ2v) is 6.26. The van der Waals surface area contributed by atoms with Crippen molar-refractivity contribution >= 4 is 42.2 Å². The van der Waals surface area contributed by atoms with Gasteiger partial charge in [0, 0.05) is 12.7 Å². The standard InChI is InChI=1S/C19H23FN4O.2ClH/c20-16-7-1-2-8-17(16)24-18-15(6-4-11-22-18)19(25)23-12-9-14-5-3-10-21-13-14;;/h1-2,4,6-8,11,14,21H,3,5,9-10,12-13H2,(H,22,24)(H,23,25);2*1H. The molecule has 0 radical (unpaired) electrons. The van der Waals surface area contributed by atoms with Gasteiger partial charge in [0.25, 0.3) is 5.91 Å². The van der Waals surface area contributed by atoms with E-state index in [0.717, 1.165) is 19.5 Å². The van der Waals surface area contributed by atoms with Crippen molar-refractivity contribution in [1.82, 2.24) is 15.6 Å². The third-order valence-electron chi connectivity index (χ3n) is 4.42. The molecule has 0 spiro atoms. The Balaban J connectivity index is 0.00000182. The number of nitrogens with one attached hydrogen (secondary N) is 3. The minimum absolute atomic E-state index is 0. The zero-order chi connectivity index (χ0) is 17.5. The van der Waals surface area contributed by atoms with Gasteiger partial charge in [0.05, 0.1) is 11.3 Å². The lowest BCUT2D eigenvalue weighted by molar-refractivity contribution is 0.0951. The van der Waals surface area contributed by atoms with Crippen LogP contribution in [-0.4, -0.2) is 30.5 Å². The highest BCUT2D eigenvalue weighted by Crippen LogP contribution is 2.21.